The van der Waals surface area contributed by atoms with Crippen LogP contribution in [0, 0.1) is 23.2 Å². The number of hydrogen-bond acceptors (Lipinski definition) is 3. The summed E-state index contributed by atoms with van der Waals surface area (Å²) in [6, 6.07) is 0. The molecule has 4 fully saturated rings. The number of carbonyl (C=O) groups excluding carboxylic acids is 1. The van der Waals surface area contributed by atoms with Crippen molar-refractivity contribution in [3.05, 3.63) is 11.3 Å². The molecule has 1 aliphatic heterocycles. The van der Waals surface area contributed by atoms with Gasteiger partial charge >= 0.3 is 0 Å². The van der Waals surface area contributed by atoms with Gasteiger partial charge in [0.1, 0.15) is 0 Å². The third-order valence-electron chi connectivity index (χ3n) is 8.10. The van der Waals surface area contributed by atoms with Crippen molar-refractivity contribution < 1.29 is 4.79 Å². The fourth-order valence-electron chi connectivity index (χ4n) is 7.40. The van der Waals surface area contributed by atoms with Crippen molar-refractivity contribution >= 4 is 5.78 Å². The normalized spacial score (nSPS) is 42.9. The van der Waals surface area contributed by atoms with Crippen LogP contribution in [0.1, 0.15) is 72.1 Å². The van der Waals surface area contributed by atoms with E-state index in [9.17, 15) is 4.79 Å². The van der Waals surface area contributed by atoms with Crippen LogP contribution in [0.25, 0.3) is 0 Å². The first kappa shape index (κ1) is 16.4. The summed E-state index contributed by atoms with van der Waals surface area (Å²) >= 11 is 0. The Kier molecular flexibility index (Phi) is 3.49. The minimum Gasteiger partial charge on any atom is -0.362 e. The maximum Gasteiger partial charge on any atom is 0.162 e. The van der Waals surface area contributed by atoms with E-state index in [1.807, 2.05) is 0 Å². The Hall–Kier alpha value is -0.830. The van der Waals surface area contributed by atoms with E-state index in [-0.39, 0.29) is 5.41 Å². The van der Waals surface area contributed by atoms with Crippen LogP contribution < -0.4 is 0 Å². The predicted octanol–water partition coefficient (Wildman–Crippen LogP) is 4.19. The lowest BCUT2D eigenvalue weighted by molar-refractivity contribution is -0.124. The van der Waals surface area contributed by atoms with Crippen LogP contribution in [0.2, 0.25) is 0 Å². The first-order valence-corrected chi connectivity index (χ1v) is 10.6. The Morgan fingerprint density at radius 1 is 1.00 bits per heavy atom. The zero-order chi connectivity index (χ0) is 17.4. The van der Waals surface area contributed by atoms with E-state index in [1.54, 1.807) is 0 Å². The van der Waals surface area contributed by atoms with E-state index in [0.717, 1.165) is 50.4 Å². The van der Waals surface area contributed by atoms with Crippen molar-refractivity contribution in [3.8, 4) is 0 Å². The third-order valence-corrected chi connectivity index (χ3v) is 8.10. The monoisotopic (exact) mass is 342 g/mol. The van der Waals surface area contributed by atoms with E-state index in [2.05, 4.69) is 30.6 Å². The second-order valence-corrected chi connectivity index (χ2v) is 10.7. The summed E-state index contributed by atoms with van der Waals surface area (Å²) in [5, 5.41) is 0. The lowest BCUT2D eigenvalue weighted by Gasteiger charge is -2.62. The molecule has 0 aromatic heterocycles. The van der Waals surface area contributed by atoms with Gasteiger partial charge in [-0.05, 0) is 75.0 Å². The fourth-order valence-corrected chi connectivity index (χ4v) is 7.40. The van der Waals surface area contributed by atoms with Crippen LogP contribution in [-0.4, -0.2) is 40.9 Å². The van der Waals surface area contributed by atoms with E-state index in [4.69, 9.17) is 0 Å². The van der Waals surface area contributed by atoms with Crippen LogP contribution in [0.3, 0.4) is 0 Å². The summed E-state index contributed by atoms with van der Waals surface area (Å²) < 4.78 is 0. The van der Waals surface area contributed by atoms with Gasteiger partial charge < -0.3 is 4.90 Å². The Balaban J connectivity index is 1.48. The summed E-state index contributed by atoms with van der Waals surface area (Å²) in [5.74, 6) is 3.34. The molecule has 5 aliphatic carbocycles. The maximum atomic E-state index is 13.0. The van der Waals surface area contributed by atoms with Crippen LogP contribution >= 0.6 is 0 Å². The van der Waals surface area contributed by atoms with Gasteiger partial charge in [-0.25, -0.2) is 0 Å². The third kappa shape index (κ3) is 2.52. The number of rotatable bonds is 2. The molecule has 3 heteroatoms. The van der Waals surface area contributed by atoms with E-state index in [1.165, 1.54) is 49.8 Å². The number of hydrogen-bond donors (Lipinski definition) is 0. The highest BCUT2D eigenvalue weighted by Gasteiger charge is 2.55. The molecule has 0 amide bonds. The molecule has 4 saturated carbocycles. The van der Waals surface area contributed by atoms with Gasteiger partial charge in [0.25, 0.3) is 0 Å². The number of allylic oxidation sites excluding steroid dienone is 1. The number of nitrogens with zero attached hydrogens (tertiary/aromatic N) is 2. The number of ketones is 1. The molecule has 0 unspecified atom stereocenters. The minimum atomic E-state index is 0.131. The zero-order valence-corrected chi connectivity index (χ0v) is 16.3. The fraction of sp³-hybridized carbons (Fsp3) is 0.864. The second kappa shape index (κ2) is 5.34. The van der Waals surface area contributed by atoms with Crippen molar-refractivity contribution in [2.45, 2.75) is 77.7 Å². The maximum absolute atomic E-state index is 13.0. The zero-order valence-electron chi connectivity index (χ0n) is 16.3. The minimum absolute atomic E-state index is 0.131. The summed E-state index contributed by atoms with van der Waals surface area (Å²) in [4.78, 5) is 18.3. The molecular formula is C22H34N2O. The van der Waals surface area contributed by atoms with E-state index < -0.39 is 0 Å². The molecule has 6 rings (SSSR count). The van der Waals surface area contributed by atoms with Gasteiger partial charge in [0.2, 0.25) is 0 Å². The van der Waals surface area contributed by atoms with Gasteiger partial charge in [-0.1, -0.05) is 13.8 Å². The highest BCUT2D eigenvalue weighted by molar-refractivity contribution is 5.98. The summed E-state index contributed by atoms with van der Waals surface area (Å²) in [6.07, 6.45) is 10.5. The van der Waals surface area contributed by atoms with Crippen molar-refractivity contribution in [2.75, 3.05) is 19.8 Å². The highest BCUT2D eigenvalue weighted by atomic mass is 16.1. The Morgan fingerprint density at radius 3 is 2.16 bits per heavy atom. The second-order valence-electron chi connectivity index (χ2n) is 10.7. The average molecular weight is 343 g/mol. The molecule has 25 heavy (non-hydrogen) atoms. The number of Topliss-reactive ketones (excluding diaryl/α,β-unsaturated/α-hetero) is 1. The largest absolute Gasteiger partial charge is 0.362 e. The van der Waals surface area contributed by atoms with Gasteiger partial charge in [-0.15, -0.1) is 0 Å². The lowest BCUT2D eigenvalue weighted by atomic mass is 9.52. The molecule has 1 heterocycles. The van der Waals surface area contributed by atoms with Crippen molar-refractivity contribution in [1.82, 2.24) is 9.80 Å². The first-order chi connectivity index (χ1) is 11.9. The van der Waals surface area contributed by atoms with Gasteiger partial charge in [0.05, 0.1) is 6.67 Å². The molecule has 0 radical (unpaired) electrons. The van der Waals surface area contributed by atoms with Crippen molar-refractivity contribution in [1.29, 1.82) is 0 Å². The lowest BCUT2D eigenvalue weighted by Crippen LogP contribution is -2.64. The summed E-state index contributed by atoms with van der Waals surface area (Å²) in [7, 11) is 0. The molecule has 0 atom stereocenters. The molecular weight excluding hydrogens is 308 g/mol. The molecule has 0 saturated heterocycles. The van der Waals surface area contributed by atoms with E-state index in [0.29, 0.717) is 11.3 Å². The first-order valence-electron chi connectivity index (χ1n) is 10.6. The van der Waals surface area contributed by atoms with Crippen LogP contribution in [0.5, 0.6) is 0 Å². The van der Waals surface area contributed by atoms with Gasteiger partial charge in [0, 0.05) is 36.3 Å². The molecule has 0 aromatic rings. The van der Waals surface area contributed by atoms with Crippen LogP contribution in [0.15, 0.2) is 11.3 Å². The molecule has 0 spiro atoms. The van der Waals surface area contributed by atoms with Crippen molar-refractivity contribution in [3.63, 3.8) is 0 Å². The standard InChI is InChI=1S/C22H34N2O/c1-4-23-14-24(13-18-19(23)11-21(2,3)12-20(18)25)22-8-15-5-16(9-22)7-17(6-15)10-22/h15-17H,4-14H2,1-3H3. The Bertz CT molecular complexity index is 597. The summed E-state index contributed by atoms with van der Waals surface area (Å²) in [6.45, 7) is 9.81. The van der Waals surface area contributed by atoms with Gasteiger partial charge in [-0.3, -0.25) is 9.69 Å². The van der Waals surface area contributed by atoms with Crippen LogP contribution in [0.4, 0.5) is 0 Å². The average Bonchev–Trinajstić information content (AvgIpc) is 2.51. The van der Waals surface area contributed by atoms with Gasteiger partial charge in [-0.2, -0.15) is 0 Å². The highest BCUT2D eigenvalue weighted by Crippen LogP contribution is 2.58. The quantitative estimate of drug-likeness (QED) is 0.752. The molecule has 3 nitrogen and oxygen atoms in total. The molecule has 0 aromatic carbocycles. The van der Waals surface area contributed by atoms with Crippen molar-refractivity contribution in [2.24, 2.45) is 23.2 Å². The molecule has 6 aliphatic rings. The van der Waals surface area contributed by atoms with E-state index >= 15 is 0 Å². The number of carbonyl (C=O) groups is 1. The SMILES string of the molecule is CCN1CN(C23CC4CC(CC(C4)C2)C3)CC2=C1CC(C)(C)CC2=O. The summed E-state index contributed by atoms with van der Waals surface area (Å²) in [5.41, 5.74) is 3.09. The Labute approximate surface area is 152 Å². The molecule has 0 N–H and O–H groups in total. The smallest absolute Gasteiger partial charge is 0.162 e. The Morgan fingerprint density at radius 2 is 1.60 bits per heavy atom. The van der Waals surface area contributed by atoms with Gasteiger partial charge in [0.15, 0.2) is 5.78 Å². The topological polar surface area (TPSA) is 23.6 Å². The predicted molar refractivity (Wildman–Crippen MR) is 99.9 cm³/mol. The molecule has 138 valence electrons. The molecule has 4 bridgehead atoms. The van der Waals surface area contributed by atoms with Crippen LogP contribution in [-0.2, 0) is 4.79 Å².